The predicted molar refractivity (Wildman–Crippen MR) is 72.7 cm³/mol. The Bertz CT molecular complexity index is 492. The van der Waals surface area contributed by atoms with E-state index in [1.54, 1.807) is 0 Å². The molecule has 6 unspecified atom stereocenters. The molecule has 0 radical (unpaired) electrons. The van der Waals surface area contributed by atoms with Gasteiger partial charge in [0.1, 0.15) is 37.3 Å². The highest BCUT2D eigenvalue weighted by Gasteiger charge is 2.49. The number of rotatable bonds is 4. The minimum absolute atomic E-state index is 0.189. The zero-order valence-corrected chi connectivity index (χ0v) is 11.8. The minimum atomic E-state index is -1.30. The second-order valence-corrected chi connectivity index (χ2v) is 5.20. The van der Waals surface area contributed by atoms with Gasteiger partial charge >= 0.3 is 0 Å². The Balaban J connectivity index is 1.69. The highest BCUT2D eigenvalue weighted by molar-refractivity contribution is 5.50. The van der Waals surface area contributed by atoms with Crippen molar-refractivity contribution in [3.8, 4) is 0 Å². The third kappa shape index (κ3) is 3.05. The van der Waals surface area contributed by atoms with E-state index in [0.717, 1.165) is 5.56 Å². The Morgan fingerprint density at radius 1 is 1.18 bits per heavy atom. The Hall–Kier alpha value is -1.35. The third-order valence-electron chi connectivity index (χ3n) is 3.73. The molecule has 2 aliphatic rings. The van der Waals surface area contributed by atoms with Crippen LogP contribution in [0.1, 0.15) is 11.9 Å². The van der Waals surface area contributed by atoms with E-state index < -0.39 is 37.0 Å². The molecule has 1 aromatic carbocycles. The molecule has 2 aliphatic heterocycles. The van der Waals surface area contributed by atoms with Gasteiger partial charge in [0.2, 0.25) is 0 Å². The van der Waals surface area contributed by atoms with E-state index in [1.165, 1.54) is 0 Å². The first-order valence-electron chi connectivity index (χ1n) is 7.09. The fourth-order valence-corrected chi connectivity index (χ4v) is 2.63. The lowest BCUT2D eigenvalue weighted by Crippen LogP contribution is -2.62. The quantitative estimate of drug-likeness (QED) is 0.741. The van der Waals surface area contributed by atoms with Gasteiger partial charge in [0.25, 0.3) is 0 Å². The lowest BCUT2D eigenvalue weighted by molar-refractivity contribution is -0.360. The maximum atomic E-state index is 10.3. The lowest BCUT2D eigenvalue weighted by Gasteiger charge is -2.46. The van der Waals surface area contributed by atoms with E-state index >= 15 is 0 Å². The van der Waals surface area contributed by atoms with Gasteiger partial charge in [0.15, 0.2) is 12.6 Å². The average molecular weight is 310 g/mol. The summed E-state index contributed by atoms with van der Waals surface area (Å²) < 4.78 is 21.9. The fourth-order valence-electron chi connectivity index (χ4n) is 2.63. The third-order valence-corrected chi connectivity index (χ3v) is 3.73. The first-order valence-corrected chi connectivity index (χ1v) is 7.09. The van der Waals surface area contributed by atoms with Crippen LogP contribution in [0.15, 0.2) is 30.3 Å². The number of benzene rings is 1. The summed E-state index contributed by atoms with van der Waals surface area (Å²) in [5, 5.41) is 20.3. The van der Waals surface area contributed by atoms with Gasteiger partial charge in [-0.2, -0.15) is 0 Å². The summed E-state index contributed by atoms with van der Waals surface area (Å²) in [4.78, 5) is 10.3. The molecule has 7 nitrogen and oxygen atoms in total. The van der Waals surface area contributed by atoms with Gasteiger partial charge in [-0.1, -0.05) is 30.3 Å². The monoisotopic (exact) mass is 310 g/mol. The number of hydrogen-bond acceptors (Lipinski definition) is 7. The molecule has 6 atom stereocenters. The molecule has 1 aromatic rings. The Morgan fingerprint density at radius 3 is 2.68 bits per heavy atom. The Kier molecular flexibility index (Phi) is 4.82. The topological polar surface area (TPSA) is 94.5 Å². The summed E-state index contributed by atoms with van der Waals surface area (Å²) >= 11 is 0. The number of fused-ring (bicyclic) bond motifs is 1. The van der Waals surface area contributed by atoms with Gasteiger partial charge in [-0.3, -0.25) is 0 Å². The van der Waals surface area contributed by atoms with Crippen LogP contribution in [0.3, 0.4) is 0 Å². The summed E-state index contributed by atoms with van der Waals surface area (Å²) in [5.41, 5.74) is 0.821. The number of carbonyl (C=O) groups is 1. The molecule has 120 valence electrons. The van der Waals surface area contributed by atoms with Crippen LogP contribution in [0, 0.1) is 0 Å². The van der Waals surface area contributed by atoms with Crippen molar-refractivity contribution in [3.63, 3.8) is 0 Å². The molecule has 2 saturated heterocycles. The maximum absolute atomic E-state index is 10.3. The summed E-state index contributed by atoms with van der Waals surface area (Å²) in [7, 11) is 0. The summed E-state index contributed by atoms with van der Waals surface area (Å²) in [6, 6.07) is 9.31. The number of aliphatic hydroxyl groups is 2. The summed E-state index contributed by atoms with van der Waals surface area (Å²) in [6.07, 6.45) is -4.95. The van der Waals surface area contributed by atoms with E-state index in [2.05, 4.69) is 0 Å². The highest BCUT2D eigenvalue weighted by Crippen LogP contribution is 2.34. The van der Waals surface area contributed by atoms with E-state index in [0.29, 0.717) is 6.29 Å². The largest absolute Gasteiger partial charge is 0.387 e. The number of ether oxygens (including phenoxy) is 4. The number of aldehydes is 1. The van der Waals surface area contributed by atoms with E-state index in [-0.39, 0.29) is 13.2 Å². The van der Waals surface area contributed by atoms with Crippen LogP contribution in [0.4, 0.5) is 0 Å². The van der Waals surface area contributed by atoms with Crippen molar-refractivity contribution in [3.05, 3.63) is 35.9 Å². The second kappa shape index (κ2) is 6.82. The van der Waals surface area contributed by atoms with Crippen LogP contribution >= 0.6 is 0 Å². The Labute approximate surface area is 127 Å². The van der Waals surface area contributed by atoms with Crippen molar-refractivity contribution >= 4 is 6.29 Å². The zero-order chi connectivity index (χ0) is 15.5. The number of hydrogen-bond donors (Lipinski definition) is 2. The molecule has 3 rings (SSSR count). The van der Waals surface area contributed by atoms with Crippen molar-refractivity contribution in [2.45, 2.75) is 37.0 Å². The highest BCUT2D eigenvalue weighted by atomic mass is 16.8. The molecule has 2 fully saturated rings. The first-order chi connectivity index (χ1) is 10.7. The van der Waals surface area contributed by atoms with Crippen molar-refractivity contribution in [2.75, 3.05) is 13.2 Å². The molecule has 7 heteroatoms. The normalized spacial score (nSPS) is 38.3. The molecule has 0 bridgehead atoms. The lowest BCUT2D eigenvalue weighted by atomic mass is 9.98. The van der Waals surface area contributed by atoms with Crippen LogP contribution in [0.25, 0.3) is 0 Å². The van der Waals surface area contributed by atoms with Crippen molar-refractivity contribution < 1.29 is 34.0 Å². The van der Waals surface area contributed by atoms with Crippen LogP contribution in [-0.4, -0.2) is 60.4 Å². The van der Waals surface area contributed by atoms with Crippen LogP contribution in [0.2, 0.25) is 0 Å². The van der Waals surface area contributed by atoms with Gasteiger partial charge in [-0.25, -0.2) is 0 Å². The van der Waals surface area contributed by atoms with Crippen LogP contribution < -0.4 is 0 Å². The molecule has 0 aromatic heterocycles. The molecule has 0 amide bonds. The zero-order valence-electron chi connectivity index (χ0n) is 11.8. The van der Waals surface area contributed by atoms with E-state index in [9.17, 15) is 15.0 Å². The first kappa shape index (κ1) is 15.5. The fraction of sp³-hybridized carbons (Fsp3) is 0.533. The SMILES string of the molecule is O=CCOC1OC2COC(c3ccccc3)OC2C(O)C1O. The van der Waals surface area contributed by atoms with E-state index in [4.69, 9.17) is 18.9 Å². The van der Waals surface area contributed by atoms with Crippen molar-refractivity contribution in [2.24, 2.45) is 0 Å². The van der Waals surface area contributed by atoms with Crippen LogP contribution in [-0.2, 0) is 23.7 Å². The smallest absolute Gasteiger partial charge is 0.187 e. The van der Waals surface area contributed by atoms with Crippen molar-refractivity contribution in [1.82, 2.24) is 0 Å². The molecule has 0 saturated carbocycles. The van der Waals surface area contributed by atoms with E-state index in [1.807, 2.05) is 30.3 Å². The van der Waals surface area contributed by atoms with Gasteiger partial charge in [0, 0.05) is 5.56 Å². The molecule has 2 heterocycles. The average Bonchev–Trinajstić information content (AvgIpc) is 2.57. The molecular weight excluding hydrogens is 292 g/mol. The second-order valence-electron chi connectivity index (χ2n) is 5.20. The summed E-state index contributed by atoms with van der Waals surface area (Å²) in [5.74, 6) is 0. The van der Waals surface area contributed by atoms with Crippen molar-refractivity contribution in [1.29, 1.82) is 0 Å². The standard InChI is InChI=1S/C15H18O7/c16-6-7-19-15-12(18)11(17)13-10(21-15)8-20-14(22-13)9-4-2-1-3-5-9/h1-6,10-15,17-18H,7-8H2. The predicted octanol–water partition coefficient (Wildman–Crippen LogP) is -0.237. The number of carbonyl (C=O) groups excluding carboxylic acids is 1. The van der Waals surface area contributed by atoms with Gasteiger partial charge in [-0.05, 0) is 0 Å². The molecule has 0 spiro atoms. The molecule has 0 aliphatic carbocycles. The van der Waals surface area contributed by atoms with Crippen LogP contribution in [0.5, 0.6) is 0 Å². The Morgan fingerprint density at radius 2 is 1.95 bits per heavy atom. The minimum Gasteiger partial charge on any atom is -0.387 e. The summed E-state index contributed by atoms with van der Waals surface area (Å²) in [6.45, 7) is -0.0326. The van der Waals surface area contributed by atoms with Gasteiger partial charge < -0.3 is 34.0 Å². The van der Waals surface area contributed by atoms with Gasteiger partial charge in [-0.15, -0.1) is 0 Å². The molecule has 22 heavy (non-hydrogen) atoms. The molecular formula is C15H18O7. The number of aliphatic hydroxyl groups excluding tert-OH is 2. The molecule has 2 N–H and O–H groups in total. The van der Waals surface area contributed by atoms with Gasteiger partial charge in [0.05, 0.1) is 6.61 Å². The maximum Gasteiger partial charge on any atom is 0.187 e.